The van der Waals surface area contributed by atoms with Crippen LogP contribution in [-0.2, 0) is 4.79 Å². The summed E-state index contributed by atoms with van der Waals surface area (Å²) in [6.45, 7) is 4.68. The summed E-state index contributed by atoms with van der Waals surface area (Å²) in [5, 5.41) is 6.34. The molecule has 1 amide bonds. The third-order valence-corrected chi connectivity index (χ3v) is 3.04. The molecule has 1 aromatic carbocycles. The lowest BCUT2D eigenvalue weighted by atomic mass is 10.2. The van der Waals surface area contributed by atoms with E-state index in [1.165, 1.54) is 12.1 Å². The molecular weight excluding hydrogens is 233 g/mol. The summed E-state index contributed by atoms with van der Waals surface area (Å²) in [6, 6.07) is 5.90. The molecule has 1 unspecified atom stereocenters. The third kappa shape index (κ3) is 2.86. The normalized spacial score (nSPS) is 19.6. The SMILES string of the molecule is CCN(C(=O)C1CNCCN1)c1cccc(F)c1. The fourth-order valence-corrected chi connectivity index (χ4v) is 2.13. The van der Waals surface area contributed by atoms with E-state index in [1.54, 1.807) is 17.0 Å². The van der Waals surface area contributed by atoms with Crippen molar-refractivity contribution in [2.24, 2.45) is 0 Å². The number of carbonyl (C=O) groups excluding carboxylic acids is 1. The molecule has 0 saturated carbocycles. The zero-order valence-corrected chi connectivity index (χ0v) is 10.4. The second-order valence-corrected chi connectivity index (χ2v) is 4.27. The highest BCUT2D eigenvalue weighted by molar-refractivity contribution is 5.97. The number of amides is 1. The van der Waals surface area contributed by atoms with Crippen molar-refractivity contribution in [2.45, 2.75) is 13.0 Å². The van der Waals surface area contributed by atoms with E-state index in [-0.39, 0.29) is 17.8 Å². The summed E-state index contributed by atoms with van der Waals surface area (Å²) in [5.74, 6) is -0.344. The van der Waals surface area contributed by atoms with Crippen molar-refractivity contribution < 1.29 is 9.18 Å². The summed E-state index contributed by atoms with van der Waals surface area (Å²) in [5.41, 5.74) is 0.606. The molecule has 18 heavy (non-hydrogen) atoms. The minimum Gasteiger partial charge on any atom is -0.313 e. The van der Waals surface area contributed by atoms with E-state index in [1.807, 2.05) is 6.92 Å². The number of halogens is 1. The van der Waals surface area contributed by atoms with Gasteiger partial charge in [0.25, 0.3) is 0 Å². The van der Waals surface area contributed by atoms with Gasteiger partial charge in [0.2, 0.25) is 5.91 Å². The number of piperazine rings is 1. The number of hydrogen-bond acceptors (Lipinski definition) is 3. The van der Waals surface area contributed by atoms with Gasteiger partial charge in [-0.2, -0.15) is 0 Å². The molecule has 0 aromatic heterocycles. The number of likely N-dealkylation sites (N-methyl/N-ethyl adjacent to an activating group) is 1. The van der Waals surface area contributed by atoms with Gasteiger partial charge in [0, 0.05) is 31.9 Å². The molecule has 1 aliphatic rings. The molecule has 98 valence electrons. The molecule has 1 aromatic rings. The Morgan fingerprint density at radius 2 is 2.33 bits per heavy atom. The Labute approximate surface area is 106 Å². The van der Waals surface area contributed by atoms with Crippen molar-refractivity contribution in [2.75, 3.05) is 31.1 Å². The Bertz CT molecular complexity index is 418. The molecule has 0 bridgehead atoms. The van der Waals surface area contributed by atoms with E-state index in [0.29, 0.717) is 18.8 Å². The van der Waals surface area contributed by atoms with E-state index in [2.05, 4.69) is 10.6 Å². The van der Waals surface area contributed by atoms with Crippen molar-refractivity contribution in [1.29, 1.82) is 0 Å². The Morgan fingerprint density at radius 1 is 1.50 bits per heavy atom. The second kappa shape index (κ2) is 5.93. The van der Waals surface area contributed by atoms with Gasteiger partial charge >= 0.3 is 0 Å². The van der Waals surface area contributed by atoms with E-state index < -0.39 is 0 Å². The van der Waals surface area contributed by atoms with Gasteiger partial charge in [0.15, 0.2) is 0 Å². The van der Waals surface area contributed by atoms with Crippen LogP contribution in [-0.4, -0.2) is 38.1 Å². The van der Waals surface area contributed by atoms with E-state index in [9.17, 15) is 9.18 Å². The quantitative estimate of drug-likeness (QED) is 0.833. The number of nitrogens with zero attached hydrogens (tertiary/aromatic N) is 1. The molecule has 0 aliphatic carbocycles. The molecule has 5 heteroatoms. The topological polar surface area (TPSA) is 44.4 Å². The highest BCUT2D eigenvalue weighted by Gasteiger charge is 2.25. The van der Waals surface area contributed by atoms with Crippen molar-refractivity contribution in [3.8, 4) is 0 Å². The molecule has 0 radical (unpaired) electrons. The van der Waals surface area contributed by atoms with E-state index >= 15 is 0 Å². The average Bonchev–Trinajstić information content (AvgIpc) is 2.40. The molecule has 1 heterocycles. The third-order valence-electron chi connectivity index (χ3n) is 3.04. The van der Waals surface area contributed by atoms with Crippen LogP contribution < -0.4 is 15.5 Å². The Hall–Kier alpha value is -1.46. The summed E-state index contributed by atoms with van der Waals surface area (Å²) < 4.78 is 13.2. The highest BCUT2D eigenvalue weighted by Crippen LogP contribution is 2.16. The maximum absolute atomic E-state index is 13.2. The Kier molecular flexibility index (Phi) is 4.28. The number of benzene rings is 1. The van der Waals surface area contributed by atoms with Crippen LogP contribution in [0.2, 0.25) is 0 Å². The van der Waals surface area contributed by atoms with Crippen LogP contribution in [0, 0.1) is 5.82 Å². The lowest BCUT2D eigenvalue weighted by molar-refractivity contribution is -0.120. The maximum atomic E-state index is 13.2. The predicted octanol–water partition coefficient (Wildman–Crippen LogP) is 0.740. The van der Waals surface area contributed by atoms with Crippen LogP contribution in [0.15, 0.2) is 24.3 Å². The number of carbonyl (C=O) groups is 1. The lowest BCUT2D eigenvalue weighted by Gasteiger charge is -2.29. The molecule has 2 rings (SSSR count). The van der Waals surface area contributed by atoms with Crippen LogP contribution >= 0.6 is 0 Å². The van der Waals surface area contributed by atoms with Crippen molar-refractivity contribution in [3.05, 3.63) is 30.1 Å². The fraction of sp³-hybridized carbons (Fsp3) is 0.462. The Morgan fingerprint density at radius 3 is 2.94 bits per heavy atom. The lowest BCUT2D eigenvalue weighted by Crippen LogP contribution is -2.56. The first kappa shape index (κ1) is 13.0. The summed E-state index contributed by atoms with van der Waals surface area (Å²) in [6.07, 6.45) is 0. The van der Waals surface area contributed by atoms with Crippen LogP contribution in [0.5, 0.6) is 0 Å². The number of hydrogen-bond donors (Lipinski definition) is 2. The molecular formula is C13H18FN3O. The first-order valence-corrected chi connectivity index (χ1v) is 6.23. The van der Waals surface area contributed by atoms with Gasteiger partial charge in [0.1, 0.15) is 5.82 Å². The van der Waals surface area contributed by atoms with Crippen molar-refractivity contribution in [3.63, 3.8) is 0 Å². The molecule has 2 N–H and O–H groups in total. The van der Waals surface area contributed by atoms with Gasteiger partial charge in [-0.05, 0) is 25.1 Å². The van der Waals surface area contributed by atoms with Gasteiger partial charge in [-0.3, -0.25) is 4.79 Å². The second-order valence-electron chi connectivity index (χ2n) is 4.27. The number of anilines is 1. The fourth-order valence-electron chi connectivity index (χ4n) is 2.13. The largest absolute Gasteiger partial charge is 0.313 e. The zero-order valence-electron chi connectivity index (χ0n) is 10.4. The summed E-state index contributed by atoms with van der Waals surface area (Å²) >= 11 is 0. The number of nitrogens with one attached hydrogen (secondary N) is 2. The molecule has 0 spiro atoms. The van der Waals surface area contributed by atoms with Crippen LogP contribution in [0.4, 0.5) is 10.1 Å². The van der Waals surface area contributed by atoms with E-state index in [4.69, 9.17) is 0 Å². The molecule has 1 saturated heterocycles. The van der Waals surface area contributed by atoms with Crippen LogP contribution in [0.3, 0.4) is 0 Å². The minimum atomic E-state index is -0.325. The summed E-state index contributed by atoms with van der Waals surface area (Å²) in [4.78, 5) is 13.9. The van der Waals surface area contributed by atoms with Gasteiger partial charge in [-0.25, -0.2) is 4.39 Å². The van der Waals surface area contributed by atoms with Crippen LogP contribution in [0.25, 0.3) is 0 Å². The number of rotatable bonds is 3. The standard InChI is InChI=1S/C13H18FN3O/c1-2-17(11-5-3-4-10(14)8-11)13(18)12-9-15-6-7-16-12/h3-5,8,12,15-16H,2,6-7,9H2,1H3. The van der Waals surface area contributed by atoms with Crippen molar-refractivity contribution >= 4 is 11.6 Å². The van der Waals surface area contributed by atoms with Gasteiger partial charge in [-0.15, -0.1) is 0 Å². The summed E-state index contributed by atoms with van der Waals surface area (Å²) in [7, 11) is 0. The smallest absolute Gasteiger partial charge is 0.245 e. The molecule has 1 atom stereocenters. The molecule has 1 fully saturated rings. The zero-order chi connectivity index (χ0) is 13.0. The van der Waals surface area contributed by atoms with Crippen LogP contribution in [0.1, 0.15) is 6.92 Å². The van der Waals surface area contributed by atoms with E-state index in [0.717, 1.165) is 13.1 Å². The Balaban J connectivity index is 2.14. The average molecular weight is 251 g/mol. The maximum Gasteiger partial charge on any atom is 0.245 e. The van der Waals surface area contributed by atoms with Gasteiger partial charge < -0.3 is 15.5 Å². The van der Waals surface area contributed by atoms with Gasteiger partial charge in [-0.1, -0.05) is 6.07 Å². The predicted molar refractivity (Wildman–Crippen MR) is 69.1 cm³/mol. The first-order chi connectivity index (χ1) is 8.72. The molecule has 1 aliphatic heterocycles. The van der Waals surface area contributed by atoms with Crippen molar-refractivity contribution in [1.82, 2.24) is 10.6 Å². The highest BCUT2D eigenvalue weighted by atomic mass is 19.1. The molecule has 4 nitrogen and oxygen atoms in total. The first-order valence-electron chi connectivity index (χ1n) is 6.23. The minimum absolute atomic E-state index is 0.0182. The monoisotopic (exact) mass is 251 g/mol. The van der Waals surface area contributed by atoms with Gasteiger partial charge in [0.05, 0.1) is 6.04 Å².